The van der Waals surface area contributed by atoms with Crippen LogP contribution in [0.4, 0.5) is 0 Å². The SMILES string of the molecule is COC(=O)COC1(CC(=O)OC)CC(OC)=CS1. The molecule has 6 nitrogen and oxygen atoms in total. The number of thioether (sulfide) groups is 1. The van der Waals surface area contributed by atoms with E-state index in [2.05, 4.69) is 9.47 Å². The Hall–Kier alpha value is -1.21. The van der Waals surface area contributed by atoms with Gasteiger partial charge in [0.05, 0.1) is 27.8 Å². The first-order valence-corrected chi connectivity index (χ1v) is 6.11. The number of carbonyl (C=O) groups is 2. The Bertz CT molecular complexity index is 353. The molecule has 0 spiro atoms. The Morgan fingerprint density at radius 3 is 2.44 bits per heavy atom. The highest BCUT2D eigenvalue weighted by Gasteiger charge is 2.40. The van der Waals surface area contributed by atoms with Gasteiger partial charge in [0.15, 0.2) is 0 Å². The maximum absolute atomic E-state index is 11.4. The molecule has 1 aliphatic rings. The van der Waals surface area contributed by atoms with Gasteiger partial charge in [-0.25, -0.2) is 4.79 Å². The van der Waals surface area contributed by atoms with E-state index in [0.717, 1.165) is 0 Å². The molecule has 7 heteroatoms. The molecule has 0 bridgehead atoms. The molecule has 0 aromatic heterocycles. The summed E-state index contributed by atoms with van der Waals surface area (Å²) in [6, 6.07) is 0. The van der Waals surface area contributed by atoms with Gasteiger partial charge >= 0.3 is 11.9 Å². The van der Waals surface area contributed by atoms with Crippen molar-refractivity contribution in [2.45, 2.75) is 17.8 Å². The monoisotopic (exact) mass is 276 g/mol. The number of carbonyl (C=O) groups excluding carboxylic acids is 2. The van der Waals surface area contributed by atoms with Crippen LogP contribution in [0.15, 0.2) is 11.2 Å². The number of hydrogen-bond donors (Lipinski definition) is 0. The lowest BCUT2D eigenvalue weighted by molar-refractivity contribution is -0.154. The Balaban J connectivity index is 2.65. The van der Waals surface area contributed by atoms with Crippen molar-refractivity contribution in [1.82, 2.24) is 0 Å². The lowest BCUT2D eigenvalue weighted by Gasteiger charge is -2.26. The minimum absolute atomic E-state index is 0.0362. The van der Waals surface area contributed by atoms with E-state index in [-0.39, 0.29) is 13.0 Å². The topological polar surface area (TPSA) is 71.1 Å². The number of ether oxygens (including phenoxy) is 4. The van der Waals surface area contributed by atoms with Gasteiger partial charge in [0, 0.05) is 11.8 Å². The Morgan fingerprint density at radius 2 is 1.94 bits per heavy atom. The summed E-state index contributed by atoms with van der Waals surface area (Å²) in [4.78, 5) is 21.6. The minimum atomic E-state index is -0.855. The van der Waals surface area contributed by atoms with Gasteiger partial charge in [-0.3, -0.25) is 4.79 Å². The highest BCUT2D eigenvalue weighted by molar-refractivity contribution is 8.03. The average molecular weight is 276 g/mol. The molecule has 0 aromatic rings. The van der Waals surface area contributed by atoms with Gasteiger partial charge < -0.3 is 18.9 Å². The maximum atomic E-state index is 11.4. The summed E-state index contributed by atoms with van der Waals surface area (Å²) in [6.45, 7) is -0.217. The van der Waals surface area contributed by atoms with Crippen molar-refractivity contribution in [1.29, 1.82) is 0 Å². The third-order valence-electron chi connectivity index (χ3n) is 2.43. The van der Waals surface area contributed by atoms with Crippen LogP contribution < -0.4 is 0 Å². The van der Waals surface area contributed by atoms with Crippen LogP contribution in [0.2, 0.25) is 0 Å². The lowest BCUT2D eigenvalue weighted by atomic mass is 10.1. The first kappa shape index (κ1) is 14.8. The molecule has 1 rings (SSSR count). The Kier molecular flexibility index (Phi) is 5.49. The zero-order valence-electron chi connectivity index (χ0n) is 10.6. The third-order valence-corrected chi connectivity index (χ3v) is 3.65. The highest BCUT2D eigenvalue weighted by atomic mass is 32.2. The van der Waals surface area contributed by atoms with E-state index in [9.17, 15) is 9.59 Å². The molecule has 0 saturated carbocycles. The number of rotatable bonds is 6. The molecule has 0 N–H and O–H groups in total. The van der Waals surface area contributed by atoms with Gasteiger partial charge in [-0.1, -0.05) is 11.8 Å². The van der Waals surface area contributed by atoms with Crippen LogP contribution >= 0.6 is 11.8 Å². The smallest absolute Gasteiger partial charge is 0.331 e. The quantitative estimate of drug-likeness (QED) is 0.672. The summed E-state index contributed by atoms with van der Waals surface area (Å²) >= 11 is 1.30. The van der Waals surface area contributed by atoms with Crippen LogP contribution in [0.3, 0.4) is 0 Å². The standard InChI is InChI=1S/C11H16O6S/c1-14-8-4-11(18-7-8,5-9(12)15-2)17-6-10(13)16-3/h7H,4-6H2,1-3H3. The molecule has 0 radical (unpaired) electrons. The van der Waals surface area contributed by atoms with E-state index in [1.165, 1.54) is 26.0 Å². The summed E-state index contributed by atoms with van der Waals surface area (Å²) in [5.74, 6) is -0.197. The lowest BCUT2D eigenvalue weighted by Crippen LogP contribution is -2.33. The van der Waals surface area contributed by atoms with Crippen molar-refractivity contribution < 1.29 is 28.5 Å². The number of hydrogen-bond acceptors (Lipinski definition) is 7. The fourth-order valence-electron chi connectivity index (χ4n) is 1.42. The molecule has 1 heterocycles. The van der Waals surface area contributed by atoms with Crippen LogP contribution in [-0.2, 0) is 28.5 Å². The van der Waals surface area contributed by atoms with Crippen molar-refractivity contribution in [3.8, 4) is 0 Å². The first-order valence-electron chi connectivity index (χ1n) is 5.23. The van der Waals surface area contributed by atoms with E-state index in [1.54, 1.807) is 12.5 Å². The van der Waals surface area contributed by atoms with Crippen LogP contribution in [0.5, 0.6) is 0 Å². The van der Waals surface area contributed by atoms with E-state index >= 15 is 0 Å². The molecular weight excluding hydrogens is 260 g/mol. The summed E-state index contributed by atoms with van der Waals surface area (Å²) in [5, 5.41) is 1.76. The zero-order chi connectivity index (χ0) is 13.6. The molecule has 1 atom stereocenters. The number of methoxy groups -OCH3 is 3. The van der Waals surface area contributed by atoms with Crippen LogP contribution in [0.25, 0.3) is 0 Å². The summed E-state index contributed by atoms with van der Waals surface area (Å²) in [6.07, 6.45) is 0.439. The number of esters is 2. The molecule has 1 unspecified atom stereocenters. The molecule has 18 heavy (non-hydrogen) atoms. The van der Waals surface area contributed by atoms with Crippen LogP contribution in [0, 0.1) is 0 Å². The summed E-state index contributed by atoms with van der Waals surface area (Å²) < 4.78 is 19.7. The zero-order valence-corrected chi connectivity index (χ0v) is 11.4. The Morgan fingerprint density at radius 1 is 1.28 bits per heavy atom. The minimum Gasteiger partial charge on any atom is -0.500 e. The van der Waals surface area contributed by atoms with Crippen LogP contribution in [0.1, 0.15) is 12.8 Å². The van der Waals surface area contributed by atoms with Gasteiger partial charge in [0.25, 0.3) is 0 Å². The van der Waals surface area contributed by atoms with Crippen LogP contribution in [-0.4, -0.2) is 44.8 Å². The molecule has 0 fully saturated rings. The van der Waals surface area contributed by atoms with Gasteiger partial charge in [-0.05, 0) is 0 Å². The molecule has 0 aromatic carbocycles. The van der Waals surface area contributed by atoms with Crippen molar-refractivity contribution in [2.24, 2.45) is 0 Å². The van der Waals surface area contributed by atoms with E-state index in [1.807, 2.05) is 0 Å². The van der Waals surface area contributed by atoms with Gasteiger partial charge in [0.1, 0.15) is 17.3 Å². The summed E-state index contributed by atoms with van der Waals surface area (Å²) in [5.41, 5.74) is 0. The fraction of sp³-hybridized carbons (Fsp3) is 0.636. The normalized spacial score (nSPS) is 22.3. The second-order valence-electron chi connectivity index (χ2n) is 3.61. The molecule has 0 amide bonds. The molecule has 102 valence electrons. The maximum Gasteiger partial charge on any atom is 0.331 e. The van der Waals surface area contributed by atoms with E-state index < -0.39 is 16.9 Å². The van der Waals surface area contributed by atoms with Crippen molar-refractivity contribution in [3.63, 3.8) is 0 Å². The first-order chi connectivity index (χ1) is 8.55. The van der Waals surface area contributed by atoms with Gasteiger partial charge in [-0.2, -0.15) is 0 Å². The van der Waals surface area contributed by atoms with Crippen molar-refractivity contribution in [3.05, 3.63) is 11.2 Å². The predicted molar refractivity (Wildman–Crippen MR) is 64.6 cm³/mol. The predicted octanol–water partition coefficient (Wildman–Crippen LogP) is 1.06. The largest absolute Gasteiger partial charge is 0.500 e. The Labute approximate surface area is 110 Å². The van der Waals surface area contributed by atoms with Crippen molar-refractivity contribution in [2.75, 3.05) is 27.9 Å². The van der Waals surface area contributed by atoms with Crippen molar-refractivity contribution >= 4 is 23.7 Å². The molecular formula is C11H16O6S. The van der Waals surface area contributed by atoms with Gasteiger partial charge in [-0.15, -0.1) is 0 Å². The third kappa shape index (κ3) is 3.92. The highest BCUT2D eigenvalue weighted by Crippen LogP contribution is 2.44. The van der Waals surface area contributed by atoms with E-state index in [0.29, 0.717) is 12.2 Å². The molecule has 1 aliphatic heterocycles. The second-order valence-corrected chi connectivity index (χ2v) is 4.83. The average Bonchev–Trinajstić information content (AvgIpc) is 2.79. The fourth-order valence-corrected chi connectivity index (χ4v) is 2.50. The van der Waals surface area contributed by atoms with Gasteiger partial charge in [0.2, 0.25) is 0 Å². The second kappa shape index (κ2) is 6.65. The molecule has 0 aliphatic carbocycles. The van der Waals surface area contributed by atoms with E-state index in [4.69, 9.17) is 9.47 Å². The molecule has 0 saturated heterocycles. The summed E-state index contributed by atoms with van der Waals surface area (Å²) in [7, 11) is 4.13.